The van der Waals surface area contributed by atoms with Crippen LogP contribution in [0.15, 0.2) is 30.6 Å². The molecule has 1 fully saturated rings. The van der Waals surface area contributed by atoms with E-state index in [0.717, 1.165) is 55.9 Å². The van der Waals surface area contributed by atoms with Crippen molar-refractivity contribution in [2.45, 2.75) is 51.0 Å². The molecule has 5 heterocycles. The van der Waals surface area contributed by atoms with Crippen LogP contribution in [-0.4, -0.2) is 48.3 Å². The van der Waals surface area contributed by atoms with Crippen LogP contribution in [0.1, 0.15) is 48.7 Å². The number of likely N-dealkylation sites (tertiary alicyclic amines) is 1. The van der Waals surface area contributed by atoms with E-state index in [-0.39, 0.29) is 5.91 Å². The summed E-state index contributed by atoms with van der Waals surface area (Å²) < 4.78 is 4.15. The minimum absolute atomic E-state index is 0.223. The Balaban J connectivity index is 1.24. The standard InChI is InChI=1S/C20H24N6O/c27-19(13-16-14-21-26-10-4-1-5-17(16)26)24-11-7-15(8-12-24)20-23-22-18-6-2-3-9-25(18)20/h2-3,6,9,14-15H,1,4-5,7-8,10-13H2. The predicted molar refractivity (Wildman–Crippen MR) is 100 cm³/mol. The molecule has 0 atom stereocenters. The zero-order valence-electron chi connectivity index (χ0n) is 15.4. The van der Waals surface area contributed by atoms with Gasteiger partial charge in [-0.2, -0.15) is 5.10 Å². The Morgan fingerprint density at radius 1 is 1.11 bits per heavy atom. The van der Waals surface area contributed by atoms with Gasteiger partial charge >= 0.3 is 0 Å². The number of piperidine rings is 1. The molecule has 3 aromatic rings. The highest BCUT2D eigenvalue weighted by atomic mass is 16.2. The summed E-state index contributed by atoms with van der Waals surface area (Å²) in [4.78, 5) is 14.8. The van der Waals surface area contributed by atoms with Crippen molar-refractivity contribution in [2.24, 2.45) is 0 Å². The van der Waals surface area contributed by atoms with Crippen LogP contribution in [0.25, 0.3) is 5.65 Å². The van der Waals surface area contributed by atoms with E-state index in [0.29, 0.717) is 12.3 Å². The minimum atomic E-state index is 0.223. The second-order valence-electron chi connectivity index (χ2n) is 7.62. The Kier molecular flexibility index (Phi) is 4.14. The Labute approximate surface area is 158 Å². The molecule has 3 aromatic heterocycles. The third kappa shape index (κ3) is 3.01. The van der Waals surface area contributed by atoms with Crippen molar-refractivity contribution in [3.63, 3.8) is 0 Å². The average Bonchev–Trinajstić information content (AvgIpc) is 3.33. The summed E-state index contributed by atoms with van der Waals surface area (Å²) in [6.45, 7) is 2.56. The first-order chi connectivity index (χ1) is 13.3. The van der Waals surface area contributed by atoms with E-state index in [4.69, 9.17) is 0 Å². The molecule has 0 aromatic carbocycles. The fraction of sp³-hybridized carbons (Fsp3) is 0.500. The fourth-order valence-electron chi connectivity index (χ4n) is 4.43. The van der Waals surface area contributed by atoms with Gasteiger partial charge in [-0.3, -0.25) is 13.9 Å². The largest absolute Gasteiger partial charge is 0.342 e. The van der Waals surface area contributed by atoms with Crippen molar-refractivity contribution in [3.8, 4) is 0 Å². The molecule has 0 spiro atoms. The van der Waals surface area contributed by atoms with Crippen LogP contribution in [0.4, 0.5) is 0 Å². The van der Waals surface area contributed by atoms with E-state index in [1.54, 1.807) is 0 Å². The van der Waals surface area contributed by atoms with Crippen LogP contribution in [-0.2, 0) is 24.2 Å². The van der Waals surface area contributed by atoms with Crippen LogP contribution in [0.5, 0.6) is 0 Å². The Morgan fingerprint density at radius 3 is 2.89 bits per heavy atom. The van der Waals surface area contributed by atoms with Gasteiger partial charge in [-0.25, -0.2) is 0 Å². The van der Waals surface area contributed by atoms with E-state index < -0.39 is 0 Å². The number of aryl methyl sites for hydroxylation is 1. The van der Waals surface area contributed by atoms with Gasteiger partial charge in [0.15, 0.2) is 5.65 Å². The molecule has 7 heteroatoms. The number of hydrogen-bond donors (Lipinski definition) is 0. The van der Waals surface area contributed by atoms with Gasteiger partial charge in [-0.1, -0.05) is 6.07 Å². The lowest BCUT2D eigenvalue weighted by atomic mass is 9.95. The Morgan fingerprint density at radius 2 is 2.00 bits per heavy atom. The van der Waals surface area contributed by atoms with Gasteiger partial charge in [0.05, 0.1) is 12.6 Å². The lowest BCUT2D eigenvalue weighted by molar-refractivity contribution is -0.131. The van der Waals surface area contributed by atoms with Crippen molar-refractivity contribution in [1.29, 1.82) is 0 Å². The second-order valence-corrected chi connectivity index (χ2v) is 7.62. The number of rotatable bonds is 3. The van der Waals surface area contributed by atoms with Crippen LogP contribution in [0, 0.1) is 0 Å². The minimum Gasteiger partial charge on any atom is -0.342 e. The molecule has 5 rings (SSSR count). The molecule has 27 heavy (non-hydrogen) atoms. The maximum Gasteiger partial charge on any atom is 0.227 e. The first kappa shape index (κ1) is 16.5. The third-order valence-electron chi connectivity index (χ3n) is 5.96. The molecule has 0 N–H and O–H groups in total. The zero-order valence-corrected chi connectivity index (χ0v) is 15.4. The SMILES string of the molecule is O=C(Cc1cnn2c1CCCC2)N1CCC(c2nnc3ccccn23)CC1. The van der Waals surface area contributed by atoms with Crippen molar-refractivity contribution in [3.05, 3.63) is 47.7 Å². The quantitative estimate of drug-likeness (QED) is 0.715. The number of carbonyl (C=O) groups excluding carboxylic acids is 1. The maximum atomic E-state index is 12.8. The van der Waals surface area contributed by atoms with E-state index in [1.165, 1.54) is 18.5 Å². The average molecular weight is 364 g/mol. The van der Waals surface area contributed by atoms with Crippen LogP contribution in [0.2, 0.25) is 0 Å². The van der Waals surface area contributed by atoms with Gasteiger partial charge in [0.1, 0.15) is 5.82 Å². The van der Waals surface area contributed by atoms with E-state index in [1.807, 2.05) is 35.5 Å². The molecule has 0 radical (unpaired) electrons. The summed E-state index contributed by atoms with van der Waals surface area (Å²) in [5.74, 6) is 1.60. The monoisotopic (exact) mass is 364 g/mol. The molecular weight excluding hydrogens is 340 g/mol. The molecule has 0 unspecified atom stereocenters. The number of pyridine rings is 1. The first-order valence-corrected chi connectivity index (χ1v) is 9.90. The molecule has 2 aliphatic heterocycles. The van der Waals surface area contributed by atoms with Gasteiger partial charge in [0.25, 0.3) is 0 Å². The summed E-state index contributed by atoms with van der Waals surface area (Å²) in [7, 11) is 0. The summed E-state index contributed by atoms with van der Waals surface area (Å²) in [5.41, 5.74) is 3.27. The number of aromatic nitrogens is 5. The van der Waals surface area contributed by atoms with Crippen molar-refractivity contribution >= 4 is 11.6 Å². The van der Waals surface area contributed by atoms with E-state index in [9.17, 15) is 4.79 Å². The normalized spacial score (nSPS) is 18.0. The predicted octanol–water partition coefficient (Wildman–Crippen LogP) is 2.21. The van der Waals surface area contributed by atoms with Crippen molar-refractivity contribution < 1.29 is 4.79 Å². The molecule has 1 amide bonds. The highest BCUT2D eigenvalue weighted by Crippen LogP contribution is 2.28. The van der Waals surface area contributed by atoms with Crippen LogP contribution >= 0.6 is 0 Å². The van der Waals surface area contributed by atoms with Gasteiger partial charge in [0.2, 0.25) is 5.91 Å². The highest BCUT2D eigenvalue weighted by Gasteiger charge is 2.27. The first-order valence-electron chi connectivity index (χ1n) is 9.90. The molecule has 140 valence electrons. The van der Waals surface area contributed by atoms with Crippen LogP contribution in [0.3, 0.4) is 0 Å². The Bertz CT molecular complexity index is 966. The van der Waals surface area contributed by atoms with Crippen molar-refractivity contribution in [1.82, 2.24) is 29.3 Å². The molecule has 1 saturated heterocycles. The van der Waals surface area contributed by atoms with Gasteiger partial charge < -0.3 is 4.90 Å². The Hall–Kier alpha value is -2.70. The molecular formula is C20H24N6O. The fourth-order valence-corrected chi connectivity index (χ4v) is 4.43. The lowest BCUT2D eigenvalue weighted by Crippen LogP contribution is -2.39. The summed E-state index contributed by atoms with van der Waals surface area (Å²) in [5, 5.41) is 13.1. The topological polar surface area (TPSA) is 68.3 Å². The van der Waals surface area contributed by atoms with Gasteiger partial charge in [0, 0.05) is 43.0 Å². The zero-order chi connectivity index (χ0) is 18.2. The van der Waals surface area contributed by atoms with E-state index >= 15 is 0 Å². The van der Waals surface area contributed by atoms with Gasteiger partial charge in [-0.05, 0) is 44.2 Å². The highest BCUT2D eigenvalue weighted by molar-refractivity contribution is 5.79. The molecule has 0 saturated carbocycles. The number of amides is 1. The third-order valence-corrected chi connectivity index (χ3v) is 5.96. The van der Waals surface area contributed by atoms with Gasteiger partial charge in [-0.15, -0.1) is 10.2 Å². The maximum absolute atomic E-state index is 12.8. The lowest BCUT2D eigenvalue weighted by Gasteiger charge is -2.31. The molecule has 0 bridgehead atoms. The molecule has 7 nitrogen and oxygen atoms in total. The number of fused-ring (bicyclic) bond motifs is 2. The number of nitrogens with zero attached hydrogens (tertiary/aromatic N) is 6. The summed E-state index contributed by atoms with van der Waals surface area (Å²) in [6, 6.07) is 5.96. The number of carbonyl (C=O) groups is 1. The molecule has 2 aliphatic rings. The number of hydrogen-bond acceptors (Lipinski definition) is 4. The smallest absolute Gasteiger partial charge is 0.227 e. The second kappa shape index (κ2) is 6.79. The summed E-state index contributed by atoms with van der Waals surface area (Å²) in [6.07, 6.45) is 9.70. The van der Waals surface area contributed by atoms with Crippen molar-refractivity contribution in [2.75, 3.05) is 13.1 Å². The summed E-state index contributed by atoms with van der Waals surface area (Å²) >= 11 is 0. The van der Waals surface area contributed by atoms with Crippen LogP contribution < -0.4 is 0 Å². The van der Waals surface area contributed by atoms with E-state index in [2.05, 4.69) is 24.4 Å². The molecule has 0 aliphatic carbocycles.